The van der Waals surface area contributed by atoms with Crippen LogP contribution < -0.4 is 74.1 Å². The molecule has 0 aliphatic rings. The number of aliphatic carboxylic acids is 1. The number of ketones is 1. The summed E-state index contributed by atoms with van der Waals surface area (Å²) in [4.78, 5) is 33.0. The second-order valence-corrected chi connectivity index (χ2v) is 4.79. The van der Waals surface area contributed by atoms with Crippen LogP contribution in [0.1, 0.15) is 26.3 Å². The van der Waals surface area contributed by atoms with Crippen molar-refractivity contribution in [1.29, 1.82) is 0 Å². The van der Waals surface area contributed by atoms with Crippen molar-refractivity contribution in [3.05, 3.63) is 71.3 Å². The summed E-state index contributed by atoms with van der Waals surface area (Å²) in [7, 11) is 0. The molecule has 0 N–H and O–H groups in total. The average Bonchev–Trinajstić information content (AvgIpc) is 2.58. The van der Waals surface area contributed by atoms with Crippen molar-refractivity contribution in [1.82, 2.24) is 0 Å². The molecule has 0 aliphatic heterocycles. The van der Waals surface area contributed by atoms with Gasteiger partial charge in [0, 0.05) is 5.56 Å². The number of hydrogen-bond acceptors (Lipinski definition) is 6. The minimum Gasteiger partial charge on any atom is -0.546 e. The van der Waals surface area contributed by atoms with Gasteiger partial charge in [0.1, 0.15) is 12.4 Å². The fourth-order valence-electron chi connectivity index (χ4n) is 1.86. The van der Waals surface area contributed by atoms with Gasteiger partial charge in [0.2, 0.25) is 0 Å². The summed E-state index contributed by atoms with van der Waals surface area (Å²) in [6.45, 7) is -0.560. The van der Waals surface area contributed by atoms with E-state index in [2.05, 4.69) is 0 Å². The number of carbonyl (C=O) groups excluding carboxylic acids is 3. The Hall–Kier alpha value is -1.41. The van der Waals surface area contributed by atoms with Crippen molar-refractivity contribution in [2.45, 2.75) is 0 Å². The van der Waals surface area contributed by atoms with Crippen LogP contribution >= 0.6 is 0 Å². The minimum atomic E-state index is -1.33. The molecule has 8 heteroatoms. The number of allylic oxidation sites excluding steroid dienone is 1. The summed E-state index contributed by atoms with van der Waals surface area (Å²) < 4.78 is 4.92. The molecule has 6 nitrogen and oxygen atoms in total. The van der Waals surface area contributed by atoms with Crippen LogP contribution in [0, 0.1) is 0 Å². The van der Waals surface area contributed by atoms with E-state index in [9.17, 15) is 24.6 Å². The van der Waals surface area contributed by atoms with Gasteiger partial charge in [-0.3, -0.25) is 4.79 Å². The molecule has 0 aromatic heterocycles. The number of hydrogen-bond donors (Lipinski definition) is 0. The fourth-order valence-corrected chi connectivity index (χ4v) is 1.86. The molecule has 0 saturated carbocycles. The van der Waals surface area contributed by atoms with Crippen LogP contribution in [0.2, 0.25) is 0 Å². The molecule has 0 heterocycles. The summed E-state index contributed by atoms with van der Waals surface area (Å²) in [5.41, 5.74) is 1.13. The zero-order valence-electron chi connectivity index (χ0n) is 14.4. The van der Waals surface area contributed by atoms with Crippen LogP contribution in [0.15, 0.2) is 54.6 Å². The van der Waals surface area contributed by atoms with Crippen LogP contribution in [0.4, 0.5) is 0 Å². The number of ether oxygens (including phenoxy) is 1. The number of aromatic carboxylic acids is 1. The van der Waals surface area contributed by atoms with E-state index in [0.29, 0.717) is 16.9 Å². The summed E-state index contributed by atoms with van der Waals surface area (Å²) in [6.07, 6.45) is 2.91. The topological polar surface area (TPSA) is 107 Å². The van der Waals surface area contributed by atoms with Gasteiger partial charge in [-0.25, -0.2) is 0 Å². The molecular formula is C18H12Na2O6. The first kappa shape index (κ1) is 24.6. The summed E-state index contributed by atoms with van der Waals surface area (Å²) >= 11 is 0. The molecule has 0 radical (unpaired) electrons. The van der Waals surface area contributed by atoms with Crippen LogP contribution in [0.3, 0.4) is 0 Å². The van der Waals surface area contributed by atoms with E-state index < -0.39 is 18.5 Å². The van der Waals surface area contributed by atoms with Gasteiger partial charge < -0.3 is 24.5 Å². The van der Waals surface area contributed by atoms with Crippen molar-refractivity contribution in [3.8, 4) is 5.75 Å². The number of rotatable bonds is 7. The molecule has 2 aromatic rings. The van der Waals surface area contributed by atoms with Gasteiger partial charge >= 0.3 is 59.1 Å². The third-order valence-electron chi connectivity index (χ3n) is 3.07. The van der Waals surface area contributed by atoms with Crippen LogP contribution in [0.25, 0.3) is 6.08 Å². The van der Waals surface area contributed by atoms with E-state index in [1.165, 1.54) is 42.5 Å². The molecule has 26 heavy (non-hydrogen) atoms. The monoisotopic (exact) mass is 370 g/mol. The minimum absolute atomic E-state index is 0. The molecule has 0 bridgehead atoms. The third kappa shape index (κ3) is 7.86. The Morgan fingerprint density at radius 3 is 1.88 bits per heavy atom. The Labute approximate surface area is 194 Å². The van der Waals surface area contributed by atoms with Gasteiger partial charge in [-0.2, -0.15) is 0 Å². The van der Waals surface area contributed by atoms with E-state index in [1.54, 1.807) is 18.2 Å². The second kappa shape index (κ2) is 12.1. The quantitative estimate of drug-likeness (QED) is 0.273. The molecule has 0 saturated heterocycles. The number of carbonyl (C=O) groups is 3. The van der Waals surface area contributed by atoms with E-state index in [-0.39, 0.29) is 70.5 Å². The second-order valence-electron chi connectivity index (χ2n) is 4.79. The SMILES string of the molecule is O=C([O-])COc1ccc(C(=O)/C=C/c2ccc(C(=O)[O-])cc2)cc1.[Na+].[Na+]. The summed E-state index contributed by atoms with van der Waals surface area (Å²) in [5.74, 6) is -2.53. The number of benzene rings is 2. The maximum Gasteiger partial charge on any atom is 1.00 e. The van der Waals surface area contributed by atoms with E-state index in [1.807, 2.05) is 0 Å². The van der Waals surface area contributed by atoms with Gasteiger partial charge in [0.25, 0.3) is 0 Å². The van der Waals surface area contributed by atoms with Crippen LogP contribution in [0.5, 0.6) is 5.75 Å². The zero-order chi connectivity index (χ0) is 17.5. The molecule has 0 unspecified atom stereocenters. The molecule has 0 fully saturated rings. The van der Waals surface area contributed by atoms with Gasteiger partial charge in [0.15, 0.2) is 5.78 Å². The standard InChI is InChI=1S/C18H14O6.2Na/c19-16(10-3-12-1-4-14(5-2-12)18(22)23)13-6-8-15(9-7-13)24-11-17(20)21;;/h1-10H,11H2,(H,20,21)(H,22,23);;/q;2*+1/p-2/b10-3+;;. The van der Waals surface area contributed by atoms with Crippen molar-refractivity contribution < 1.29 is 88.4 Å². The van der Waals surface area contributed by atoms with Crippen molar-refractivity contribution in [2.24, 2.45) is 0 Å². The molecule has 0 amide bonds. The zero-order valence-corrected chi connectivity index (χ0v) is 18.4. The van der Waals surface area contributed by atoms with E-state index in [4.69, 9.17) is 4.74 Å². The molecule has 122 valence electrons. The molecule has 0 spiro atoms. The first-order chi connectivity index (χ1) is 11.5. The Kier molecular flexibility index (Phi) is 11.4. The summed E-state index contributed by atoms with van der Waals surface area (Å²) in [6, 6.07) is 11.9. The van der Waals surface area contributed by atoms with Gasteiger partial charge in [-0.15, -0.1) is 0 Å². The molecular weight excluding hydrogens is 358 g/mol. The Morgan fingerprint density at radius 2 is 1.38 bits per heavy atom. The van der Waals surface area contributed by atoms with E-state index in [0.717, 1.165) is 0 Å². The molecule has 2 rings (SSSR count). The number of carboxylic acids is 2. The normalized spacial score (nSPS) is 9.69. The maximum atomic E-state index is 12.0. The van der Waals surface area contributed by atoms with Crippen LogP contribution in [-0.4, -0.2) is 24.3 Å². The first-order valence-electron chi connectivity index (χ1n) is 6.92. The smallest absolute Gasteiger partial charge is 0.546 e. The summed E-state index contributed by atoms with van der Waals surface area (Å²) in [5, 5.41) is 20.9. The number of carboxylic acid groups (broad SMARTS) is 2. The predicted octanol–water partition coefficient (Wildman–Crippen LogP) is -5.92. The van der Waals surface area contributed by atoms with Gasteiger partial charge in [-0.1, -0.05) is 30.3 Å². The Balaban J connectivity index is 0.00000312. The third-order valence-corrected chi connectivity index (χ3v) is 3.07. The average molecular weight is 370 g/mol. The molecule has 0 atom stereocenters. The maximum absolute atomic E-state index is 12.0. The largest absolute Gasteiger partial charge is 1.00 e. The van der Waals surface area contributed by atoms with Crippen molar-refractivity contribution in [3.63, 3.8) is 0 Å². The Bertz CT molecular complexity index is 782. The molecule has 2 aromatic carbocycles. The predicted molar refractivity (Wildman–Crippen MR) is 81.1 cm³/mol. The van der Waals surface area contributed by atoms with Crippen LogP contribution in [-0.2, 0) is 4.79 Å². The van der Waals surface area contributed by atoms with Crippen molar-refractivity contribution >= 4 is 23.8 Å². The first-order valence-corrected chi connectivity index (χ1v) is 6.92. The van der Waals surface area contributed by atoms with Gasteiger partial charge in [-0.05, 0) is 41.5 Å². The molecule has 0 aliphatic carbocycles. The van der Waals surface area contributed by atoms with Crippen molar-refractivity contribution in [2.75, 3.05) is 6.61 Å². The fraction of sp³-hybridized carbons (Fsp3) is 0.0556. The Morgan fingerprint density at radius 1 is 0.846 bits per heavy atom. The van der Waals surface area contributed by atoms with E-state index >= 15 is 0 Å². The van der Waals surface area contributed by atoms with Gasteiger partial charge in [0.05, 0.1) is 11.9 Å².